The van der Waals surface area contributed by atoms with E-state index in [1.807, 2.05) is 0 Å². The minimum atomic E-state index is -0.584. The highest BCUT2D eigenvalue weighted by Gasteiger charge is 2.04. The summed E-state index contributed by atoms with van der Waals surface area (Å²) in [7, 11) is 2.82. The molecule has 0 amide bonds. The number of methoxy groups -OCH3 is 2. The summed E-state index contributed by atoms with van der Waals surface area (Å²) in [5, 5.41) is 11.8. The Morgan fingerprint density at radius 1 is 1.58 bits per heavy atom. The first-order chi connectivity index (χ1) is 5.70. The summed E-state index contributed by atoms with van der Waals surface area (Å²) in [6.45, 7) is 0.689. The van der Waals surface area contributed by atoms with Crippen molar-refractivity contribution in [2.45, 2.75) is 6.10 Å². The van der Waals surface area contributed by atoms with Crippen molar-refractivity contribution in [2.24, 2.45) is 0 Å². The molecule has 0 aliphatic rings. The summed E-state index contributed by atoms with van der Waals surface area (Å²) in [6.07, 6.45) is -0.584. The van der Waals surface area contributed by atoms with E-state index in [0.29, 0.717) is 6.54 Å². The van der Waals surface area contributed by atoms with E-state index in [9.17, 15) is 4.79 Å². The number of rotatable bonds is 6. The zero-order valence-electron chi connectivity index (χ0n) is 7.37. The first-order valence-electron chi connectivity index (χ1n) is 3.65. The standard InChI is InChI=1S/C7H15NO4/c1-11-5-6(9)3-8-4-7(10)12-2/h6,8-9H,3-5H2,1-2H3. The van der Waals surface area contributed by atoms with E-state index < -0.39 is 6.10 Å². The number of hydrogen-bond donors (Lipinski definition) is 2. The fraction of sp³-hybridized carbons (Fsp3) is 0.857. The lowest BCUT2D eigenvalue weighted by Crippen LogP contribution is -2.33. The Morgan fingerprint density at radius 2 is 2.25 bits per heavy atom. The zero-order chi connectivity index (χ0) is 9.40. The summed E-state index contributed by atoms with van der Waals surface area (Å²) < 4.78 is 9.06. The van der Waals surface area contributed by atoms with Crippen molar-refractivity contribution >= 4 is 5.97 Å². The maximum Gasteiger partial charge on any atom is 0.319 e. The van der Waals surface area contributed by atoms with Crippen molar-refractivity contribution in [1.82, 2.24) is 5.32 Å². The van der Waals surface area contributed by atoms with E-state index in [4.69, 9.17) is 5.11 Å². The second kappa shape index (κ2) is 7.02. The van der Waals surface area contributed by atoms with Crippen LogP contribution in [0.2, 0.25) is 0 Å². The Hall–Kier alpha value is -0.650. The van der Waals surface area contributed by atoms with Crippen molar-refractivity contribution in [1.29, 1.82) is 0 Å². The molecule has 0 fully saturated rings. The third kappa shape index (κ3) is 6.09. The normalized spacial score (nSPS) is 12.6. The summed E-state index contributed by atoms with van der Waals surface area (Å²) >= 11 is 0. The van der Waals surface area contributed by atoms with Crippen LogP contribution in [-0.4, -0.2) is 51.1 Å². The Morgan fingerprint density at radius 3 is 2.75 bits per heavy atom. The lowest BCUT2D eigenvalue weighted by atomic mass is 10.4. The van der Waals surface area contributed by atoms with Gasteiger partial charge in [-0.15, -0.1) is 0 Å². The Labute approximate surface area is 71.7 Å². The molecule has 1 atom stereocenters. The van der Waals surface area contributed by atoms with Crippen molar-refractivity contribution in [3.05, 3.63) is 0 Å². The summed E-state index contributed by atoms with van der Waals surface area (Å²) in [5.74, 6) is -0.348. The molecular weight excluding hydrogens is 162 g/mol. The lowest BCUT2D eigenvalue weighted by molar-refractivity contribution is -0.139. The lowest BCUT2D eigenvalue weighted by Gasteiger charge is -2.09. The van der Waals surface area contributed by atoms with Gasteiger partial charge in [-0.1, -0.05) is 0 Å². The topological polar surface area (TPSA) is 67.8 Å². The van der Waals surface area contributed by atoms with Crippen LogP contribution in [0.5, 0.6) is 0 Å². The van der Waals surface area contributed by atoms with Gasteiger partial charge in [-0.05, 0) is 0 Å². The highest BCUT2D eigenvalue weighted by Crippen LogP contribution is 1.80. The van der Waals surface area contributed by atoms with Crippen molar-refractivity contribution < 1.29 is 19.4 Å². The average Bonchev–Trinajstić information content (AvgIpc) is 2.04. The van der Waals surface area contributed by atoms with Gasteiger partial charge in [-0.3, -0.25) is 4.79 Å². The monoisotopic (exact) mass is 177 g/mol. The SMILES string of the molecule is COCC(O)CNCC(=O)OC. The highest BCUT2D eigenvalue weighted by atomic mass is 16.5. The largest absolute Gasteiger partial charge is 0.468 e. The third-order valence-corrected chi connectivity index (χ3v) is 1.24. The Bertz CT molecular complexity index is 129. The number of nitrogens with one attached hydrogen (secondary N) is 1. The molecule has 0 radical (unpaired) electrons. The average molecular weight is 177 g/mol. The molecule has 0 rings (SSSR count). The van der Waals surface area contributed by atoms with Crippen molar-refractivity contribution in [2.75, 3.05) is 33.9 Å². The van der Waals surface area contributed by atoms with Crippen LogP contribution in [0.1, 0.15) is 0 Å². The first-order valence-corrected chi connectivity index (χ1v) is 3.65. The first kappa shape index (κ1) is 11.4. The molecule has 0 aromatic heterocycles. The zero-order valence-corrected chi connectivity index (χ0v) is 7.37. The van der Waals surface area contributed by atoms with Crippen LogP contribution >= 0.6 is 0 Å². The van der Waals surface area contributed by atoms with E-state index >= 15 is 0 Å². The summed E-state index contributed by atoms with van der Waals surface area (Å²) in [6, 6.07) is 0. The minimum absolute atomic E-state index is 0.108. The van der Waals surface area contributed by atoms with Crippen LogP contribution in [-0.2, 0) is 14.3 Å². The minimum Gasteiger partial charge on any atom is -0.468 e. The van der Waals surface area contributed by atoms with Crippen molar-refractivity contribution in [3.8, 4) is 0 Å². The molecule has 5 heteroatoms. The van der Waals surface area contributed by atoms with Crippen LogP contribution in [0, 0.1) is 0 Å². The van der Waals surface area contributed by atoms with Gasteiger partial charge in [0.25, 0.3) is 0 Å². The molecule has 0 bridgehead atoms. The maximum absolute atomic E-state index is 10.6. The molecule has 72 valence electrons. The third-order valence-electron chi connectivity index (χ3n) is 1.24. The van der Waals surface area contributed by atoms with Gasteiger partial charge in [0.2, 0.25) is 0 Å². The summed E-state index contributed by atoms with van der Waals surface area (Å²) in [4.78, 5) is 10.6. The second-order valence-corrected chi connectivity index (χ2v) is 2.32. The highest BCUT2D eigenvalue weighted by molar-refractivity contribution is 5.71. The van der Waals surface area contributed by atoms with E-state index in [0.717, 1.165) is 0 Å². The molecule has 0 saturated heterocycles. The van der Waals surface area contributed by atoms with E-state index in [2.05, 4.69) is 14.8 Å². The molecule has 5 nitrogen and oxygen atoms in total. The molecule has 0 spiro atoms. The number of carbonyl (C=O) groups excluding carboxylic acids is 1. The van der Waals surface area contributed by atoms with Gasteiger partial charge in [0.05, 0.1) is 26.4 Å². The molecule has 2 N–H and O–H groups in total. The van der Waals surface area contributed by atoms with Crippen LogP contribution < -0.4 is 5.32 Å². The van der Waals surface area contributed by atoms with Gasteiger partial charge in [-0.25, -0.2) is 0 Å². The van der Waals surface area contributed by atoms with Gasteiger partial charge in [0.15, 0.2) is 0 Å². The number of aliphatic hydroxyl groups is 1. The maximum atomic E-state index is 10.6. The molecule has 1 unspecified atom stereocenters. The number of esters is 1. The molecule has 0 aliphatic heterocycles. The Kier molecular flexibility index (Phi) is 6.64. The fourth-order valence-electron chi connectivity index (χ4n) is 0.664. The van der Waals surface area contributed by atoms with E-state index in [1.165, 1.54) is 14.2 Å². The van der Waals surface area contributed by atoms with Crippen LogP contribution in [0.15, 0.2) is 0 Å². The molecule has 0 saturated carbocycles. The second-order valence-electron chi connectivity index (χ2n) is 2.32. The van der Waals surface area contributed by atoms with Gasteiger partial charge >= 0.3 is 5.97 Å². The predicted molar refractivity (Wildman–Crippen MR) is 42.8 cm³/mol. The fourth-order valence-corrected chi connectivity index (χ4v) is 0.664. The van der Waals surface area contributed by atoms with Crippen LogP contribution in [0.25, 0.3) is 0 Å². The van der Waals surface area contributed by atoms with Gasteiger partial charge in [-0.2, -0.15) is 0 Å². The van der Waals surface area contributed by atoms with Crippen LogP contribution in [0.4, 0.5) is 0 Å². The number of ether oxygens (including phenoxy) is 2. The molecule has 0 aromatic rings. The van der Waals surface area contributed by atoms with Crippen LogP contribution in [0.3, 0.4) is 0 Å². The van der Waals surface area contributed by atoms with Gasteiger partial charge in [0, 0.05) is 13.7 Å². The van der Waals surface area contributed by atoms with E-state index in [-0.39, 0.29) is 19.1 Å². The molecule has 0 aromatic carbocycles. The number of hydrogen-bond acceptors (Lipinski definition) is 5. The molecular formula is C7H15NO4. The molecule has 12 heavy (non-hydrogen) atoms. The van der Waals surface area contributed by atoms with Crippen molar-refractivity contribution in [3.63, 3.8) is 0 Å². The van der Waals surface area contributed by atoms with Gasteiger partial charge in [0.1, 0.15) is 0 Å². The number of carbonyl (C=O) groups is 1. The van der Waals surface area contributed by atoms with E-state index in [1.54, 1.807) is 0 Å². The molecule has 0 heterocycles. The Balaban J connectivity index is 3.24. The quantitative estimate of drug-likeness (QED) is 0.496. The summed E-state index contributed by atoms with van der Waals surface area (Å²) in [5.41, 5.74) is 0. The number of aliphatic hydroxyl groups excluding tert-OH is 1. The predicted octanol–water partition coefficient (Wildman–Crippen LogP) is -1.24. The smallest absolute Gasteiger partial charge is 0.319 e. The van der Waals surface area contributed by atoms with Gasteiger partial charge < -0.3 is 19.9 Å². The molecule has 0 aliphatic carbocycles.